The molecule has 1 saturated heterocycles. The zero-order valence-electron chi connectivity index (χ0n) is 17.8. The third-order valence-electron chi connectivity index (χ3n) is 7.13. The Morgan fingerprint density at radius 1 is 1.03 bits per heavy atom. The largest absolute Gasteiger partial charge is 0.336 e. The van der Waals surface area contributed by atoms with Gasteiger partial charge < -0.3 is 19.3 Å². The van der Waals surface area contributed by atoms with Crippen LogP contribution in [0.1, 0.15) is 60.0 Å². The van der Waals surface area contributed by atoms with E-state index in [1.54, 1.807) is 0 Å². The van der Waals surface area contributed by atoms with Crippen molar-refractivity contribution in [1.82, 2.24) is 24.3 Å². The summed E-state index contributed by atoms with van der Waals surface area (Å²) in [5.74, 6) is 0.643. The number of piperazine rings is 1. The van der Waals surface area contributed by atoms with E-state index in [2.05, 4.69) is 16.8 Å². The zero-order chi connectivity index (χ0) is 20.7. The Morgan fingerprint density at radius 2 is 1.80 bits per heavy atom. The van der Waals surface area contributed by atoms with Gasteiger partial charge in [-0.3, -0.25) is 9.59 Å². The first-order valence-electron chi connectivity index (χ1n) is 11.5. The molecule has 160 valence electrons. The van der Waals surface area contributed by atoms with Crippen LogP contribution < -0.4 is 0 Å². The molecule has 3 aliphatic rings. The molecule has 1 aromatic heterocycles. The lowest BCUT2D eigenvalue weighted by molar-refractivity contribution is 0.0565. The second-order valence-electron chi connectivity index (χ2n) is 8.81. The van der Waals surface area contributed by atoms with Crippen molar-refractivity contribution in [3.05, 3.63) is 29.6 Å². The van der Waals surface area contributed by atoms with E-state index in [1.807, 2.05) is 32.6 Å². The molecule has 1 aliphatic carbocycles. The lowest BCUT2D eigenvalue weighted by atomic mass is 9.94. The summed E-state index contributed by atoms with van der Waals surface area (Å²) in [6.07, 6.45) is 5.92. The molecular weight excluding hydrogens is 378 g/mol. The third-order valence-corrected chi connectivity index (χ3v) is 7.13. The van der Waals surface area contributed by atoms with Crippen LogP contribution >= 0.6 is 0 Å². The van der Waals surface area contributed by atoms with Crippen LogP contribution in [0.3, 0.4) is 0 Å². The van der Waals surface area contributed by atoms with E-state index in [0.29, 0.717) is 17.4 Å². The fourth-order valence-corrected chi connectivity index (χ4v) is 5.28. The fourth-order valence-electron chi connectivity index (χ4n) is 5.28. The summed E-state index contributed by atoms with van der Waals surface area (Å²) in [6.45, 7) is 8.09. The molecule has 5 rings (SSSR count). The van der Waals surface area contributed by atoms with Gasteiger partial charge in [-0.25, -0.2) is 4.98 Å². The number of aromatic nitrogens is 2. The Morgan fingerprint density at radius 3 is 2.53 bits per heavy atom. The molecule has 0 unspecified atom stereocenters. The first-order valence-corrected chi connectivity index (χ1v) is 11.5. The Hall–Kier alpha value is -2.41. The lowest BCUT2D eigenvalue weighted by Crippen LogP contribution is -2.48. The smallest absolute Gasteiger partial charge is 0.290 e. The van der Waals surface area contributed by atoms with E-state index in [4.69, 9.17) is 0 Å². The predicted molar refractivity (Wildman–Crippen MR) is 116 cm³/mol. The maximum Gasteiger partial charge on any atom is 0.290 e. The van der Waals surface area contributed by atoms with E-state index in [1.165, 1.54) is 19.3 Å². The number of hydrogen-bond donors (Lipinski definition) is 0. The molecule has 0 N–H and O–H groups in total. The quantitative estimate of drug-likeness (QED) is 0.782. The summed E-state index contributed by atoms with van der Waals surface area (Å²) in [5, 5.41) is 0. The van der Waals surface area contributed by atoms with E-state index in [0.717, 1.165) is 69.7 Å². The number of imidazole rings is 1. The van der Waals surface area contributed by atoms with Crippen molar-refractivity contribution in [3.8, 4) is 0 Å². The molecule has 1 saturated carbocycles. The Balaban J connectivity index is 1.38. The van der Waals surface area contributed by atoms with E-state index >= 15 is 0 Å². The van der Waals surface area contributed by atoms with Crippen molar-refractivity contribution in [3.63, 3.8) is 0 Å². The Kier molecular flexibility index (Phi) is 5.23. The Bertz CT molecular complexity index is 954. The van der Waals surface area contributed by atoms with Crippen LogP contribution in [0.5, 0.6) is 0 Å². The van der Waals surface area contributed by atoms with Gasteiger partial charge in [0.15, 0.2) is 5.82 Å². The monoisotopic (exact) mass is 409 g/mol. The number of hydrogen-bond acceptors (Lipinski definition) is 4. The van der Waals surface area contributed by atoms with Gasteiger partial charge in [0.2, 0.25) is 0 Å². The van der Waals surface area contributed by atoms with Crippen LogP contribution in [0.15, 0.2) is 18.2 Å². The van der Waals surface area contributed by atoms with Crippen LogP contribution in [-0.4, -0.2) is 81.4 Å². The topological polar surface area (TPSA) is 61.7 Å². The number of carbonyl (C=O) groups excluding carboxylic acids is 2. The van der Waals surface area contributed by atoms with Crippen molar-refractivity contribution in [2.75, 3.05) is 39.3 Å². The number of benzene rings is 1. The van der Waals surface area contributed by atoms with Gasteiger partial charge >= 0.3 is 0 Å². The minimum atomic E-state index is 0.0490. The van der Waals surface area contributed by atoms with Gasteiger partial charge in [0.05, 0.1) is 11.0 Å². The van der Waals surface area contributed by atoms with Crippen molar-refractivity contribution in [1.29, 1.82) is 0 Å². The summed E-state index contributed by atoms with van der Waals surface area (Å²) in [7, 11) is 0. The fraction of sp³-hybridized carbons (Fsp3) is 0.609. The molecule has 2 amide bonds. The van der Waals surface area contributed by atoms with Crippen LogP contribution in [-0.2, 0) is 6.54 Å². The molecule has 30 heavy (non-hydrogen) atoms. The first kappa shape index (κ1) is 19.5. The molecule has 7 nitrogen and oxygen atoms in total. The molecule has 1 aromatic carbocycles. The minimum Gasteiger partial charge on any atom is -0.336 e. The predicted octanol–water partition coefficient (Wildman–Crippen LogP) is 2.60. The van der Waals surface area contributed by atoms with Crippen LogP contribution in [0.2, 0.25) is 0 Å². The third kappa shape index (κ3) is 3.39. The molecule has 2 aromatic rings. The van der Waals surface area contributed by atoms with Gasteiger partial charge in [-0.2, -0.15) is 0 Å². The molecule has 2 fully saturated rings. The molecule has 0 bridgehead atoms. The van der Waals surface area contributed by atoms with Gasteiger partial charge in [0, 0.05) is 50.9 Å². The van der Waals surface area contributed by atoms with Gasteiger partial charge in [0.25, 0.3) is 11.8 Å². The standard InChI is InChI=1S/C23H31N5O2/c1-2-25-10-12-26(13-11-25)22(29)17-8-9-20-19(16-17)24-21-23(30)27(14-15-28(20)21)18-6-4-3-5-7-18/h8-9,16,18H,2-7,10-15H2,1H3. The minimum absolute atomic E-state index is 0.0490. The molecule has 3 heterocycles. The highest BCUT2D eigenvalue weighted by molar-refractivity contribution is 6.00. The van der Waals surface area contributed by atoms with Crippen molar-refractivity contribution >= 4 is 22.8 Å². The number of nitrogens with zero attached hydrogens (tertiary/aromatic N) is 5. The Labute approximate surface area is 177 Å². The molecular formula is C23H31N5O2. The average Bonchev–Trinajstić information content (AvgIpc) is 3.18. The first-order chi connectivity index (χ1) is 14.7. The average molecular weight is 410 g/mol. The molecule has 0 radical (unpaired) electrons. The SMILES string of the molecule is CCN1CCN(C(=O)c2ccc3c(c2)nc2n3CCN(C3CCCCC3)C2=O)CC1. The van der Waals surface area contributed by atoms with Gasteiger partial charge in [-0.1, -0.05) is 26.2 Å². The molecule has 0 atom stereocenters. The van der Waals surface area contributed by atoms with Gasteiger partial charge in [0.1, 0.15) is 0 Å². The zero-order valence-corrected chi connectivity index (χ0v) is 17.8. The van der Waals surface area contributed by atoms with Crippen molar-refractivity contribution in [2.24, 2.45) is 0 Å². The maximum atomic E-state index is 13.2. The number of fused-ring (bicyclic) bond motifs is 3. The van der Waals surface area contributed by atoms with Crippen molar-refractivity contribution < 1.29 is 9.59 Å². The normalized spacial score (nSPS) is 21.3. The highest BCUT2D eigenvalue weighted by atomic mass is 16.2. The number of rotatable bonds is 3. The summed E-state index contributed by atoms with van der Waals surface area (Å²) in [6, 6.07) is 6.08. The highest BCUT2D eigenvalue weighted by Crippen LogP contribution is 2.28. The summed E-state index contributed by atoms with van der Waals surface area (Å²) in [5.41, 5.74) is 2.37. The van der Waals surface area contributed by atoms with Crippen LogP contribution in [0.25, 0.3) is 11.0 Å². The van der Waals surface area contributed by atoms with E-state index < -0.39 is 0 Å². The number of likely N-dealkylation sites (N-methyl/N-ethyl adjacent to an activating group) is 1. The second kappa shape index (κ2) is 8.02. The second-order valence-corrected chi connectivity index (χ2v) is 8.81. The molecule has 2 aliphatic heterocycles. The number of amides is 2. The van der Waals surface area contributed by atoms with Crippen molar-refractivity contribution in [2.45, 2.75) is 51.6 Å². The van der Waals surface area contributed by atoms with Crippen LogP contribution in [0.4, 0.5) is 0 Å². The van der Waals surface area contributed by atoms with E-state index in [-0.39, 0.29) is 11.8 Å². The van der Waals surface area contributed by atoms with E-state index in [9.17, 15) is 9.59 Å². The molecule has 0 spiro atoms. The number of carbonyl (C=O) groups is 2. The van der Waals surface area contributed by atoms with Gasteiger partial charge in [-0.15, -0.1) is 0 Å². The lowest BCUT2D eigenvalue weighted by Gasteiger charge is -2.36. The highest BCUT2D eigenvalue weighted by Gasteiger charge is 2.33. The molecule has 7 heteroatoms. The summed E-state index contributed by atoms with van der Waals surface area (Å²) < 4.78 is 2.03. The summed E-state index contributed by atoms with van der Waals surface area (Å²) >= 11 is 0. The summed E-state index contributed by atoms with van der Waals surface area (Å²) in [4.78, 5) is 37.2. The van der Waals surface area contributed by atoms with Crippen LogP contribution in [0, 0.1) is 0 Å². The maximum absolute atomic E-state index is 13.2. The van der Waals surface area contributed by atoms with Gasteiger partial charge in [-0.05, 0) is 37.6 Å².